The Labute approximate surface area is 165 Å². The van der Waals surface area contributed by atoms with Gasteiger partial charge in [0.15, 0.2) is 5.75 Å². The van der Waals surface area contributed by atoms with Crippen molar-refractivity contribution in [1.82, 2.24) is 0 Å². The summed E-state index contributed by atoms with van der Waals surface area (Å²) in [4.78, 5) is 34.7. The lowest BCUT2D eigenvalue weighted by Gasteiger charge is -2.39. The lowest BCUT2D eigenvalue weighted by molar-refractivity contribution is -0.158. The van der Waals surface area contributed by atoms with E-state index in [1.165, 1.54) is 0 Å². The number of hydrogen-bond acceptors (Lipinski definition) is 5. The molecule has 0 atom stereocenters. The van der Waals surface area contributed by atoms with Gasteiger partial charge in [0.1, 0.15) is 5.56 Å². The molecule has 0 bridgehead atoms. The summed E-state index contributed by atoms with van der Waals surface area (Å²) in [6.07, 6.45) is 3.28. The highest BCUT2D eigenvalue weighted by Gasteiger charge is 2.36. The van der Waals surface area contributed by atoms with Crippen molar-refractivity contribution in [1.29, 1.82) is 0 Å². The lowest BCUT2D eigenvalue weighted by Crippen LogP contribution is -2.34. The first kappa shape index (κ1) is 20.8. The molecule has 1 aromatic carbocycles. The predicted molar refractivity (Wildman–Crippen MR) is 96.1 cm³/mol. The number of carboxylic acids is 1. The molecule has 142 valence electrons. The Hall–Kier alpha value is -1.50. The third kappa shape index (κ3) is 4.42. The van der Waals surface area contributed by atoms with E-state index < -0.39 is 23.7 Å². The van der Waals surface area contributed by atoms with Crippen molar-refractivity contribution in [2.75, 3.05) is 6.61 Å². The Balaban J connectivity index is 2.29. The number of carbonyl (C=O) groups is 3. The fourth-order valence-corrected chi connectivity index (χ4v) is 3.35. The number of esters is 2. The smallest absolute Gasteiger partial charge is 0.422 e. The molecule has 0 aliphatic heterocycles. The number of carbonyl (C=O) groups excluding carboxylic acids is 2. The van der Waals surface area contributed by atoms with Crippen LogP contribution in [0.3, 0.4) is 0 Å². The minimum Gasteiger partial charge on any atom is -0.473 e. The van der Waals surface area contributed by atoms with Gasteiger partial charge in [0.2, 0.25) is 0 Å². The molecule has 0 heterocycles. The summed E-state index contributed by atoms with van der Waals surface area (Å²) < 4.78 is 10.0. The first-order valence-corrected chi connectivity index (χ1v) is 8.97. The zero-order valence-corrected chi connectivity index (χ0v) is 16.4. The van der Waals surface area contributed by atoms with Crippen molar-refractivity contribution in [3.8, 4) is 5.75 Å². The van der Waals surface area contributed by atoms with Crippen LogP contribution in [0.4, 0.5) is 0 Å². The number of benzene rings is 1. The Morgan fingerprint density at radius 2 is 1.81 bits per heavy atom. The maximum atomic E-state index is 12.6. The van der Waals surface area contributed by atoms with E-state index >= 15 is 0 Å². The maximum absolute atomic E-state index is 12.6. The van der Waals surface area contributed by atoms with Gasteiger partial charge in [-0.25, -0.2) is 14.4 Å². The standard InChI is InChI=1S/C17H17Cl3O6/c1-17(2,8-4-3-5-8)7-25-15(23)11-12(20)9(18)6-10(19)13(11)26-16(24)14(21)22/h6,8H,3-5,7H2,1-2H3,(H,21,22). The average Bonchev–Trinajstić information content (AvgIpc) is 2.48. The molecule has 0 radical (unpaired) electrons. The Morgan fingerprint density at radius 1 is 1.19 bits per heavy atom. The average molecular weight is 424 g/mol. The summed E-state index contributed by atoms with van der Waals surface area (Å²) in [5.41, 5.74) is -0.621. The summed E-state index contributed by atoms with van der Waals surface area (Å²) in [5, 5.41) is 8.16. The van der Waals surface area contributed by atoms with Crippen molar-refractivity contribution < 1.29 is 29.0 Å². The van der Waals surface area contributed by atoms with Gasteiger partial charge >= 0.3 is 17.9 Å². The van der Waals surface area contributed by atoms with Crippen molar-refractivity contribution in [2.24, 2.45) is 11.3 Å². The van der Waals surface area contributed by atoms with Crippen molar-refractivity contribution >= 4 is 52.7 Å². The number of aliphatic carboxylic acids is 1. The zero-order valence-electron chi connectivity index (χ0n) is 14.1. The van der Waals surface area contributed by atoms with Crippen molar-refractivity contribution in [2.45, 2.75) is 33.1 Å². The van der Waals surface area contributed by atoms with E-state index in [1.54, 1.807) is 0 Å². The second-order valence-corrected chi connectivity index (χ2v) is 7.94. The van der Waals surface area contributed by atoms with Crippen LogP contribution in [0, 0.1) is 11.3 Å². The Morgan fingerprint density at radius 3 is 2.31 bits per heavy atom. The summed E-state index contributed by atoms with van der Waals surface area (Å²) in [6.45, 7) is 4.09. The van der Waals surface area contributed by atoms with Crippen LogP contribution in [0.5, 0.6) is 5.75 Å². The van der Waals surface area contributed by atoms with Crippen LogP contribution >= 0.6 is 34.8 Å². The number of ether oxygens (including phenoxy) is 2. The van der Waals surface area contributed by atoms with E-state index in [0.29, 0.717) is 5.92 Å². The predicted octanol–water partition coefficient (Wildman–Crippen LogP) is 4.62. The molecule has 0 spiro atoms. The van der Waals surface area contributed by atoms with Crippen LogP contribution in [0.15, 0.2) is 6.07 Å². The highest BCUT2D eigenvalue weighted by atomic mass is 35.5. The topological polar surface area (TPSA) is 89.9 Å². The van der Waals surface area contributed by atoms with Gasteiger partial charge in [-0.15, -0.1) is 0 Å². The summed E-state index contributed by atoms with van der Waals surface area (Å²) in [7, 11) is 0. The Kier molecular flexibility index (Phi) is 6.42. The fraction of sp³-hybridized carbons (Fsp3) is 0.471. The zero-order chi connectivity index (χ0) is 19.6. The number of carboxylic acid groups (broad SMARTS) is 1. The third-order valence-corrected chi connectivity index (χ3v) is 5.55. The Bertz CT molecular complexity index is 755. The first-order valence-electron chi connectivity index (χ1n) is 7.84. The fourth-order valence-electron chi connectivity index (χ4n) is 2.63. The third-order valence-electron chi connectivity index (χ3n) is 4.49. The molecule has 6 nitrogen and oxygen atoms in total. The van der Waals surface area contributed by atoms with Crippen LogP contribution in [0.1, 0.15) is 43.5 Å². The molecule has 1 N–H and O–H groups in total. The van der Waals surface area contributed by atoms with Crippen LogP contribution < -0.4 is 4.74 Å². The van der Waals surface area contributed by atoms with Gasteiger partial charge in [-0.3, -0.25) is 0 Å². The second kappa shape index (κ2) is 8.03. The number of halogens is 3. The van der Waals surface area contributed by atoms with Gasteiger partial charge in [-0.2, -0.15) is 0 Å². The van der Waals surface area contributed by atoms with Gasteiger partial charge in [-0.1, -0.05) is 55.1 Å². The summed E-state index contributed by atoms with van der Waals surface area (Å²) >= 11 is 17.9. The summed E-state index contributed by atoms with van der Waals surface area (Å²) in [5.74, 6) is -4.43. The first-order chi connectivity index (χ1) is 12.0. The SMILES string of the molecule is CC(C)(COC(=O)c1c(Cl)c(Cl)cc(Cl)c1OC(=O)C(=O)O)C1CCC1. The molecule has 1 aromatic rings. The molecule has 1 aliphatic rings. The molecule has 9 heteroatoms. The molecule has 1 saturated carbocycles. The molecule has 0 aromatic heterocycles. The van der Waals surface area contributed by atoms with Gasteiger partial charge in [0.25, 0.3) is 0 Å². The minimum absolute atomic E-state index is 0.0583. The van der Waals surface area contributed by atoms with E-state index in [0.717, 1.165) is 25.3 Å². The van der Waals surface area contributed by atoms with Gasteiger partial charge in [-0.05, 0) is 24.8 Å². The molecule has 0 unspecified atom stereocenters. The molecule has 26 heavy (non-hydrogen) atoms. The highest BCUT2D eigenvalue weighted by molar-refractivity contribution is 6.46. The van der Waals surface area contributed by atoms with E-state index in [9.17, 15) is 14.4 Å². The van der Waals surface area contributed by atoms with E-state index in [4.69, 9.17) is 49.4 Å². The number of hydrogen-bond donors (Lipinski definition) is 1. The van der Waals surface area contributed by atoms with E-state index in [1.807, 2.05) is 13.8 Å². The van der Waals surface area contributed by atoms with Crippen LogP contribution in [0.2, 0.25) is 15.1 Å². The number of rotatable bonds is 5. The van der Waals surface area contributed by atoms with Gasteiger partial charge in [0.05, 0.1) is 21.7 Å². The molecule has 0 amide bonds. The molecular formula is C17H17Cl3O6. The van der Waals surface area contributed by atoms with Crippen molar-refractivity contribution in [3.63, 3.8) is 0 Å². The lowest BCUT2D eigenvalue weighted by atomic mass is 9.68. The molecule has 0 saturated heterocycles. The van der Waals surface area contributed by atoms with Crippen molar-refractivity contribution in [3.05, 3.63) is 26.7 Å². The van der Waals surface area contributed by atoms with Crippen LogP contribution in [-0.4, -0.2) is 29.6 Å². The highest BCUT2D eigenvalue weighted by Crippen LogP contribution is 2.43. The maximum Gasteiger partial charge on any atom is 0.422 e. The second-order valence-electron chi connectivity index (χ2n) is 6.75. The van der Waals surface area contributed by atoms with Gasteiger partial charge in [0, 0.05) is 5.41 Å². The molecule has 1 fully saturated rings. The van der Waals surface area contributed by atoms with Crippen LogP contribution in [-0.2, 0) is 14.3 Å². The molecular weight excluding hydrogens is 407 g/mol. The quantitative estimate of drug-likeness (QED) is 0.322. The normalized spacial score (nSPS) is 14.5. The minimum atomic E-state index is -1.85. The van der Waals surface area contributed by atoms with Gasteiger partial charge < -0.3 is 14.6 Å². The summed E-state index contributed by atoms with van der Waals surface area (Å²) in [6, 6.07) is 1.14. The molecule has 2 rings (SSSR count). The van der Waals surface area contributed by atoms with E-state index in [2.05, 4.69) is 0 Å². The van der Waals surface area contributed by atoms with E-state index in [-0.39, 0.29) is 32.7 Å². The van der Waals surface area contributed by atoms with Crippen LogP contribution in [0.25, 0.3) is 0 Å². The monoisotopic (exact) mass is 422 g/mol. The largest absolute Gasteiger partial charge is 0.473 e. The molecule has 1 aliphatic carbocycles.